The van der Waals surface area contributed by atoms with Crippen LogP contribution in [0.5, 0.6) is 0 Å². The van der Waals surface area contributed by atoms with E-state index in [1.54, 1.807) is 35.3 Å². The Labute approximate surface area is 115 Å². The topological polar surface area (TPSA) is 40.6 Å². The van der Waals surface area contributed by atoms with Gasteiger partial charge in [-0.05, 0) is 12.1 Å². The van der Waals surface area contributed by atoms with Crippen LogP contribution < -0.4 is 4.90 Å². The van der Waals surface area contributed by atoms with Crippen molar-refractivity contribution in [1.82, 2.24) is 4.31 Å². The minimum Gasteiger partial charge on any atom is -0.377 e. The van der Waals surface area contributed by atoms with Crippen molar-refractivity contribution in [2.24, 2.45) is 0 Å². The first-order valence-corrected chi connectivity index (χ1v) is 7.37. The van der Waals surface area contributed by atoms with Crippen molar-refractivity contribution in [3.8, 4) is 0 Å². The van der Waals surface area contributed by atoms with Gasteiger partial charge in [0.1, 0.15) is 4.90 Å². The number of anilines is 1. The molecule has 1 aromatic rings. The standard InChI is InChI=1S/C14H20N2O2S/c1-5-11-16(12-6-2)19(17,18)14-10-8-7-9-13(14)15(3)4/h5-10H,1-2,11-12H2,3-4H3. The third-order valence-electron chi connectivity index (χ3n) is 2.63. The molecule has 0 radical (unpaired) electrons. The Hall–Kier alpha value is -1.59. The van der Waals surface area contributed by atoms with E-state index in [2.05, 4.69) is 13.2 Å². The van der Waals surface area contributed by atoms with Crippen LogP contribution in [0.2, 0.25) is 0 Å². The monoisotopic (exact) mass is 280 g/mol. The molecular weight excluding hydrogens is 260 g/mol. The molecule has 104 valence electrons. The zero-order valence-electron chi connectivity index (χ0n) is 11.4. The van der Waals surface area contributed by atoms with E-state index in [0.29, 0.717) is 10.6 Å². The fourth-order valence-electron chi connectivity index (χ4n) is 1.74. The minimum atomic E-state index is -3.55. The molecule has 0 atom stereocenters. The van der Waals surface area contributed by atoms with Gasteiger partial charge in [0.05, 0.1) is 5.69 Å². The Morgan fingerprint density at radius 2 is 1.63 bits per heavy atom. The van der Waals surface area contributed by atoms with Crippen LogP contribution in [0.25, 0.3) is 0 Å². The van der Waals surface area contributed by atoms with Crippen LogP contribution in [0.3, 0.4) is 0 Å². The van der Waals surface area contributed by atoms with Crippen molar-refractivity contribution in [3.05, 3.63) is 49.6 Å². The van der Waals surface area contributed by atoms with E-state index in [4.69, 9.17) is 0 Å². The van der Waals surface area contributed by atoms with Crippen LogP contribution in [0.1, 0.15) is 0 Å². The Morgan fingerprint density at radius 3 is 2.11 bits per heavy atom. The lowest BCUT2D eigenvalue weighted by molar-refractivity contribution is 0.474. The molecule has 0 aromatic heterocycles. The average molecular weight is 280 g/mol. The van der Waals surface area contributed by atoms with Gasteiger partial charge in [0.15, 0.2) is 0 Å². The summed E-state index contributed by atoms with van der Waals surface area (Å²) in [5.74, 6) is 0. The van der Waals surface area contributed by atoms with Crippen LogP contribution in [0, 0.1) is 0 Å². The van der Waals surface area contributed by atoms with Crippen LogP contribution in [-0.2, 0) is 10.0 Å². The van der Waals surface area contributed by atoms with Gasteiger partial charge in [-0.3, -0.25) is 0 Å². The van der Waals surface area contributed by atoms with Crippen LogP contribution in [0.15, 0.2) is 54.5 Å². The molecule has 0 aliphatic rings. The van der Waals surface area contributed by atoms with E-state index in [1.807, 2.05) is 20.2 Å². The summed E-state index contributed by atoms with van der Waals surface area (Å²) in [5.41, 5.74) is 0.667. The lowest BCUT2D eigenvalue weighted by Crippen LogP contribution is -2.32. The van der Waals surface area contributed by atoms with Crippen molar-refractivity contribution in [2.75, 3.05) is 32.1 Å². The van der Waals surface area contributed by atoms with Crippen molar-refractivity contribution in [1.29, 1.82) is 0 Å². The first kappa shape index (κ1) is 15.5. The summed E-state index contributed by atoms with van der Waals surface area (Å²) < 4.78 is 26.6. The first-order chi connectivity index (χ1) is 8.95. The van der Waals surface area contributed by atoms with Gasteiger partial charge >= 0.3 is 0 Å². The number of hydrogen-bond acceptors (Lipinski definition) is 3. The van der Waals surface area contributed by atoms with E-state index in [-0.39, 0.29) is 13.1 Å². The number of nitrogens with zero attached hydrogens (tertiary/aromatic N) is 2. The predicted molar refractivity (Wildman–Crippen MR) is 79.9 cm³/mol. The molecule has 0 amide bonds. The second-order valence-electron chi connectivity index (χ2n) is 4.26. The smallest absolute Gasteiger partial charge is 0.245 e. The SMILES string of the molecule is C=CCN(CC=C)S(=O)(=O)c1ccccc1N(C)C. The average Bonchev–Trinajstić information content (AvgIpc) is 2.38. The molecule has 0 unspecified atom stereocenters. The fraction of sp³-hybridized carbons (Fsp3) is 0.286. The van der Waals surface area contributed by atoms with Gasteiger partial charge in [-0.25, -0.2) is 8.42 Å². The maximum atomic E-state index is 12.6. The maximum absolute atomic E-state index is 12.6. The summed E-state index contributed by atoms with van der Waals surface area (Å²) >= 11 is 0. The highest BCUT2D eigenvalue weighted by atomic mass is 32.2. The molecule has 19 heavy (non-hydrogen) atoms. The zero-order chi connectivity index (χ0) is 14.5. The molecule has 4 nitrogen and oxygen atoms in total. The molecule has 0 bridgehead atoms. The van der Waals surface area contributed by atoms with Gasteiger partial charge in [0.25, 0.3) is 0 Å². The van der Waals surface area contributed by atoms with E-state index < -0.39 is 10.0 Å². The van der Waals surface area contributed by atoms with Crippen molar-refractivity contribution in [2.45, 2.75) is 4.90 Å². The summed E-state index contributed by atoms with van der Waals surface area (Å²) in [6.45, 7) is 7.71. The molecule has 0 heterocycles. The third kappa shape index (κ3) is 3.45. The van der Waals surface area contributed by atoms with Crippen LogP contribution in [-0.4, -0.2) is 39.9 Å². The summed E-state index contributed by atoms with van der Waals surface area (Å²) in [6, 6.07) is 6.94. The summed E-state index contributed by atoms with van der Waals surface area (Å²) in [6.07, 6.45) is 3.14. The summed E-state index contributed by atoms with van der Waals surface area (Å²) in [5, 5.41) is 0. The molecule has 1 aromatic carbocycles. The largest absolute Gasteiger partial charge is 0.377 e. The lowest BCUT2D eigenvalue weighted by atomic mass is 10.3. The van der Waals surface area contributed by atoms with E-state index in [1.165, 1.54) is 4.31 Å². The second kappa shape index (κ2) is 6.54. The van der Waals surface area contributed by atoms with Crippen molar-refractivity contribution < 1.29 is 8.42 Å². The summed E-state index contributed by atoms with van der Waals surface area (Å²) in [7, 11) is 0.0864. The van der Waals surface area contributed by atoms with Crippen LogP contribution in [0.4, 0.5) is 5.69 Å². The minimum absolute atomic E-state index is 0.260. The zero-order valence-corrected chi connectivity index (χ0v) is 12.2. The van der Waals surface area contributed by atoms with Crippen LogP contribution >= 0.6 is 0 Å². The molecule has 0 spiro atoms. The number of benzene rings is 1. The summed E-state index contributed by atoms with van der Waals surface area (Å²) in [4.78, 5) is 2.08. The Balaban J connectivity index is 3.32. The number of sulfonamides is 1. The molecule has 5 heteroatoms. The van der Waals surface area contributed by atoms with Crippen molar-refractivity contribution >= 4 is 15.7 Å². The molecule has 0 saturated heterocycles. The fourth-order valence-corrected chi connectivity index (χ4v) is 3.39. The van der Waals surface area contributed by atoms with Gasteiger partial charge in [0, 0.05) is 27.2 Å². The van der Waals surface area contributed by atoms with Gasteiger partial charge < -0.3 is 4.90 Å². The highest BCUT2D eigenvalue weighted by Gasteiger charge is 2.25. The number of hydrogen-bond donors (Lipinski definition) is 0. The number of rotatable bonds is 7. The predicted octanol–water partition coefficient (Wildman–Crippen LogP) is 2.12. The van der Waals surface area contributed by atoms with Gasteiger partial charge in [-0.1, -0.05) is 24.3 Å². The quantitative estimate of drug-likeness (QED) is 0.718. The molecule has 0 saturated carbocycles. The normalized spacial score (nSPS) is 11.3. The molecule has 0 fully saturated rings. The third-order valence-corrected chi connectivity index (χ3v) is 4.51. The second-order valence-corrected chi connectivity index (χ2v) is 6.17. The van der Waals surface area contributed by atoms with E-state index in [9.17, 15) is 8.42 Å². The molecule has 0 aliphatic heterocycles. The highest BCUT2D eigenvalue weighted by Crippen LogP contribution is 2.26. The highest BCUT2D eigenvalue weighted by molar-refractivity contribution is 7.89. The Kier molecular flexibility index (Phi) is 5.32. The first-order valence-electron chi connectivity index (χ1n) is 5.93. The van der Waals surface area contributed by atoms with Gasteiger partial charge in [-0.2, -0.15) is 4.31 Å². The van der Waals surface area contributed by atoms with E-state index in [0.717, 1.165) is 0 Å². The van der Waals surface area contributed by atoms with Crippen molar-refractivity contribution in [3.63, 3.8) is 0 Å². The molecule has 0 aliphatic carbocycles. The lowest BCUT2D eigenvalue weighted by Gasteiger charge is -2.23. The maximum Gasteiger partial charge on any atom is 0.245 e. The van der Waals surface area contributed by atoms with Gasteiger partial charge in [-0.15, -0.1) is 13.2 Å². The molecule has 1 rings (SSSR count). The van der Waals surface area contributed by atoms with E-state index >= 15 is 0 Å². The Bertz CT molecular complexity index is 540. The number of para-hydroxylation sites is 1. The Morgan fingerprint density at radius 1 is 1.11 bits per heavy atom. The van der Waals surface area contributed by atoms with Gasteiger partial charge in [0.2, 0.25) is 10.0 Å². The molecule has 0 N–H and O–H groups in total. The molecular formula is C14H20N2O2S.